The number of hydrogen-bond donors (Lipinski definition) is 2. The fourth-order valence-electron chi connectivity index (χ4n) is 5.81. The van der Waals surface area contributed by atoms with Crippen LogP contribution in [-0.2, 0) is 13.0 Å². The summed E-state index contributed by atoms with van der Waals surface area (Å²) in [6.45, 7) is 2.92. The Morgan fingerprint density at radius 3 is 2.92 bits per heavy atom. The second-order valence-electron chi connectivity index (χ2n) is 10.3. The van der Waals surface area contributed by atoms with Gasteiger partial charge in [-0.1, -0.05) is 12.1 Å². The number of pyridine rings is 1. The van der Waals surface area contributed by atoms with Gasteiger partial charge in [-0.25, -0.2) is 9.97 Å². The van der Waals surface area contributed by atoms with Crippen LogP contribution in [0.15, 0.2) is 48.9 Å². The summed E-state index contributed by atoms with van der Waals surface area (Å²) in [5.74, 6) is 0.677. The first-order chi connectivity index (χ1) is 17.4. The van der Waals surface area contributed by atoms with E-state index in [1.807, 2.05) is 6.20 Å². The zero-order valence-corrected chi connectivity index (χ0v) is 20.5. The molecule has 0 spiro atoms. The van der Waals surface area contributed by atoms with Crippen molar-refractivity contribution in [3.8, 4) is 11.3 Å². The van der Waals surface area contributed by atoms with Crippen LogP contribution in [0.2, 0.25) is 0 Å². The van der Waals surface area contributed by atoms with E-state index in [0.717, 1.165) is 60.1 Å². The second kappa shape index (κ2) is 8.67. The molecule has 9 nitrogen and oxygen atoms in total. The molecule has 0 bridgehead atoms. The monoisotopic (exact) mass is 483 g/mol. The highest BCUT2D eigenvalue weighted by molar-refractivity contribution is 5.99. The van der Waals surface area contributed by atoms with Gasteiger partial charge in [0.25, 0.3) is 5.69 Å². The lowest BCUT2D eigenvalue weighted by atomic mass is 9.79. The number of hydrogen-bond acceptors (Lipinski definition) is 7. The lowest BCUT2D eigenvalue weighted by Crippen LogP contribution is -2.49. The van der Waals surface area contributed by atoms with Crippen LogP contribution in [0.1, 0.15) is 49.4 Å². The van der Waals surface area contributed by atoms with E-state index in [0.29, 0.717) is 12.5 Å². The maximum Gasteiger partial charge on any atom is 0.287 e. The highest BCUT2D eigenvalue weighted by Crippen LogP contribution is 2.39. The summed E-state index contributed by atoms with van der Waals surface area (Å²) in [5.41, 5.74) is 6.60. The zero-order chi connectivity index (χ0) is 24.9. The molecule has 0 amide bonds. The normalized spacial score (nSPS) is 20.9. The molecule has 0 unspecified atom stereocenters. The molecule has 0 aliphatic heterocycles. The molecule has 2 aliphatic carbocycles. The van der Waals surface area contributed by atoms with E-state index in [4.69, 9.17) is 4.98 Å². The Morgan fingerprint density at radius 1 is 1.22 bits per heavy atom. The van der Waals surface area contributed by atoms with Crippen LogP contribution in [0.5, 0.6) is 0 Å². The average molecular weight is 484 g/mol. The predicted molar refractivity (Wildman–Crippen MR) is 139 cm³/mol. The number of nitro groups is 1. The van der Waals surface area contributed by atoms with Gasteiger partial charge in [-0.2, -0.15) is 0 Å². The number of aromatic amines is 1. The van der Waals surface area contributed by atoms with Gasteiger partial charge >= 0.3 is 0 Å². The second-order valence-corrected chi connectivity index (χ2v) is 10.3. The molecule has 3 heterocycles. The lowest BCUT2D eigenvalue weighted by Gasteiger charge is -2.45. The predicted octanol–water partition coefficient (Wildman–Crippen LogP) is 5.08. The van der Waals surface area contributed by atoms with Gasteiger partial charge in [-0.3, -0.25) is 20.0 Å². The lowest BCUT2D eigenvalue weighted by molar-refractivity contribution is -0.385. The van der Waals surface area contributed by atoms with E-state index < -0.39 is 4.92 Å². The number of nitrogens with zero attached hydrogens (tertiary/aromatic N) is 5. The molecular formula is C27H29N7O2. The van der Waals surface area contributed by atoms with E-state index in [1.54, 1.807) is 6.07 Å². The largest absolute Gasteiger partial charge is 0.360 e. The van der Waals surface area contributed by atoms with Gasteiger partial charge < -0.3 is 10.3 Å². The number of rotatable bonds is 6. The summed E-state index contributed by atoms with van der Waals surface area (Å²) in [7, 11) is 2.11. The molecule has 4 aromatic rings. The van der Waals surface area contributed by atoms with Crippen LogP contribution in [0.4, 0.5) is 11.6 Å². The minimum Gasteiger partial charge on any atom is -0.360 e. The third kappa shape index (κ3) is 3.99. The van der Waals surface area contributed by atoms with Crippen molar-refractivity contribution in [2.75, 3.05) is 12.4 Å². The molecule has 1 saturated carbocycles. The van der Waals surface area contributed by atoms with Gasteiger partial charge in [0.2, 0.25) is 5.95 Å². The Hall–Kier alpha value is -3.85. The fraction of sp³-hybridized carbons (Fsp3) is 0.370. The SMILES string of the molecule is CN(Cc1ccc([N+](=O)[O-])cn1)[C@@]1(C)CCC[C@@H](Nc2ncc3c(n2)-c2c[nH]c4cccc(c24)C3)C1. The quantitative estimate of drug-likeness (QED) is 0.256. The zero-order valence-electron chi connectivity index (χ0n) is 20.5. The molecule has 2 N–H and O–H groups in total. The van der Waals surface area contributed by atoms with Crippen LogP contribution in [0.25, 0.3) is 22.2 Å². The van der Waals surface area contributed by atoms with Gasteiger partial charge in [-0.05, 0) is 57.4 Å². The molecule has 36 heavy (non-hydrogen) atoms. The maximum atomic E-state index is 10.9. The molecule has 3 aromatic heterocycles. The van der Waals surface area contributed by atoms with Gasteiger partial charge in [0.15, 0.2) is 0 Å². The van der Waals surface area contributed by atoms with Crippen molar-refractivity contribution in [2.45, 2.75) is 57.2 Å². The van der Waals surface area contributed by atoms with Gasteiger partial charge in [0.1, 0.15) is 6.20 Å². The number of aromatic nitrogens is 4. The highest BCUT2D eigenvalue weighted by atomic mass is 16.6. The van der Waals surface area contributed by atoms with Crippen LogP contribution in [0, 0.1) is 10.1 Å². The molecule has 1 fully saturated rings. The van der Waals surface area contributed by atoms with Crippen molar-refractivity contribution in [1.29, 1.82) is 0 Å². The van der Waals surface area contributed by atoms with Crippen LogP contribution in [0.3, 0.4) is 0 Å². The molecule has 0 saturated heterocycles. The number of benzene rings is 1. The first kappa shape index (κ1) is 22.6. The fourth-order valence-corrected chi connectivity index (χ4v) is 5.81. The van der Waals surface area contributed by atoms with Crippen molar-refractivity contribution in [2.24, 2.45) is 0 Å². The maximum absolute atomic E-state index is 10.9. The molecular weight excluding hydrogens is 454 g/mol. The molecule has 2 aliphatic rings. The minimum atomic E-state index is -0.417. The van der Waals surface area contributed by atoms with Gasteiger partial charge in [-0.15, -0.1) is 0 Å². The number of nitrogens with one attached hydrogen (secondary N) is 2. The molecule has 184 valence electrons. The Bertz CT molecular complexity index is 1450. The Balaban J connectivity index is 1.17. The first-order valence-electron chi connectivity index (χ1n) is 12.4. The van der Waals surface area contributed by atoms with E-state index in [2.05, 4.69) is 63.5 Å². The summed E-state index contributed by atoms with van der Waals surface area (Å²) in [4.78, 5) is 30.2. The van der Waals surface area contributed by atoms with Crippen LogP contribution >= 0.6 is 0 Å². The summed E-state index contributed by atoms with van der Waals surface area (Å²) >= 11 is 0. The van der Waals surface area contributed by atoms with E-state index in [9.17, 15) is 10.1 Å². The number of fused-ring (bicyclic) bond motifs is 2. The Kier molecular flexibility index (Phi) is 5.44. The molecule has 6 rings (SSSR count). The minimum absolute atomic E-state index is 0.0171. The first-order valence-corrected chi connectivity index (χ1v) is 12.4. The van der Waals surface area contributed by atoms with Crippen LogP contribution < -0.4 is 5.32 Å². The smallest absolute Gasteiger partial charge is 0.287 e. The molecule has 1 aromatic carbocycles. The van der Waals surface area contributed by atoms with Crippen LogP contribution in [-0.4, -0.2) is 48.4 Å². The molecule has 0 radical (unpaired) electrons. The van der Waals surface area contributed by atoms with Crippen molar-refractivity contribution in [1.82, 2.24) is 24.8 Å². The summed E-state index contributed by atoms with van der Waals surface area (Å²) in [6, 6.07) is 9.91. The summed E-state index contributed by atoms with van der Waals surface area (Å²) < 4.78 is 0. The van der Waals surface area contributed by atoms with Crippen molar-refractivity contribution in [3.05, 3.63) is 75.9 Å². The van der Waals surface area contributed by atoms with Gasteiger partial charge in [0.05, 0.1) is 16.3 Å². The number of H-pyrrole nitrogens is 1. The van der Waals surface area contributed by atoms with E-state index in [1.165, 1.54) is 23.2 Å². The Morgan fingerprint density at radius 2 is 2.11 bits per heavy atom. The van der Waals surface area contributed by atoms with E-state index in [-0.39, 0.29) is 17.3 Å². The van der Waals surface area contributed by atoms with Crippen molar-refractivity contribution >= 4 is 22.5 Å². The Labute approximate surface area is 209 Å². The topological polar surface area (TPSA) is 113 Å². The highest BCUT2D eigenvalue weighted by Gasteiger charge is 2.36. The third-order valence-corrected chi connectivity index (χ3v) is 7.92. The molecule has 9 heteroatoms. The summed E-state index contributed by atoms with van der Waals surface area (Å²) in [5, 5.41) is 15.8. The standard InChI is InChI=1S/C27H29N7O2/c1-27(33(2)16-20-8-9-21(14-28-20)34(35)36)10-4-6-19(12-27)31-26-30-13-18-11-17-5-3-7-23-24(17)22(15-29-23)25(18)32-26/h3,5,7-9,13-15,19,29H,4,6,10-12,16H2,1-2H3,(H,30,31,32)/t19-,27+/m1/s1. The third-order valence-electron chi connectivity index (χ3n) is 7.92. The molecule has 2 atom stereocenters. The average Bonchev–Trinajstić information content (AvgIpc) is 3.31. The van der Waals surface area contributed by atoms with E-state index >= 15 is 0 Å². The van der Waals surface area contributed by atoms with Gasteiger partial charge in [0, 0.05) is 65.0 Å². The number of anilines is 1. The summed E-state index contributed by atoms with van der Waals surface area (Å²) in [6.07, 6.45) is 10.4. The van der Waals surface area contributed by atoms with Crippen molar-refractivity contribution in [3.63, 3.8) is 0 Å². The van der Waals surface area contributed by atoms with Crippen molar-refractivity contribution < 1.29 is 4.92 Å².